The van der Waals surface area contributed by atoms with Crippen molar-refractivity contribution in [3.8, 4) is 11.5 Å². The van der Waals surface area contributed by atoms with Gasteiger partial charge in [0, 0.05) is 48.2 Å². The van der Waals surface area contributed by atoms with E-state index in [-0.39, 0.29) is 17.7 Å². The van der Waals surface area contributed by atoms with Crippen molar-refractivity contribution in [1.82, 2.24) is 15.0 Å². The Morgan fingerprint density at radius 2 is 2.03 bits per heavy atom. The molecule has 8 nitrogen and oxygen atoms in total. The molecule has 2 aromatic carbocycles. The van der Waals surface area contributed by atoms with E-state index in [2.05, 4.69) is 56.4 Å². The molecule has 4 aromatic rings. The lowest BCUT2D eigenvalue weighted by molar-refractivity contribution is 0.0383. The van der Waals surface area contributed by atoms with Gasteiger partial charge >= 0.3 is 0 Å². The van der Waals surface area contributed by atoms with Crippen LogP contribution >= 0.6 is 0 Å². The van der Waals surface area contributed by atoms with Crippen molar-refractivity contribution in [3.05, 3.63) is 106 Å². The number of nitrogens with one attached hydrogen (secondary N) is 2. The third-order valence-corrected chi connectivity index (χ3v) is 6.98. The molecule has 2 unspecified atom stereocenters. The van der Waals surface area contributed by atoms with E-state index < -0.39 is 0 Å². The number of aryl methyl sites for hydroxylation is 1. The smallest absolute Gasteiger partial charge is 0.271 e. The first-order valence-corrected chi connectivity index (χ1v) is 12.6. The van der Waals surface area contributed by atoms with Gasteiger partial charge in [-0.05, 0) is 55.8 Å². The van der Waals surface area contributed by atoms with E-state index >= 15 is 0 Å². The van der Waals surface area contributed by atoms with Crippen molar-refractivity contribution < 1.29 is 9.47 Å². The fourth-order valence-corrected chi connectivity index (χ4v) is 5.10. The Morgan fingerprint density at radius 1 is 1.11 bits per heavy atom. The molecule has 2 N–H and O–H groups in total. The first-order valence-electron chi connectivity index (χ1n) is 12.6. The summed E-state index contributed by atoms with van der Waals surface area (Å²) in [5.41, 5.74) is 6.76. The average molecular weight is 496 g/mol. The van der Waals surface area contributed by atoms with E-state index in [1.807, 2.05) is 37.3 Å². The number of aromatic nitrogens is 3. The Bertz CT molecular complexity index is 1500. The maximum atomic E-state index is 12.3. The minimum absolute atomic E-state index is 0.0476. The van der Waals surface area contributed by atoms with Gasteiger partial charge in [0.1, 0.15) is 29.6 Å². The molecule has 188 valence electrons. The summed E-state index contributed by atoms with van der Waals surface area (Å²) < 4.78 is 12.6. The number of benzene rings is 2. The Balaban J connectivity index is 1.22. The fourth-order valence-electron chi connectivity index (χ4n) is 5.10. The van der Waals surface area contributed by atoms with Crippen molar-refractivity contribution in [3.63, 3.8) is 0 Å². The molecule has 0 spiro atoms. The van der Waals surface area contributed by atoms with Gasteiger partial charge in [-0.1, -0.05) is 18.2 Å². The number of para-hydroxylation sites is 1. The molecule has 4 heterocycles. The van der Waals surface area contributed by atoms with Crippen molar-refractivity contribution in [1.29, 1.82) is 0 Å². The lowest BCUT2D eigenvalue weighted by Gasteiger charge is -2.35. The summed E-state index contributed by atoms with van der Waals surface area (Å²) in [7, 11) is 0. The number of ether oxygens (including phenoxy) is 2. The molecular formula is C29H29N5O3. The Labute approximate surface area is 215 Å². The molecule has 0 radical (unpaired) electrons. The van der Waals surface area contributed by atoms with Crippen LogP contribution in [0.1, 0.15) is 47.1 Å². The van der Waals surface area contributed by atoms with Crippen LogP contribution in [0.15, 0.2) is 71.9 Å². The Hall–Kier alpha value is -4.17. The van der Waals surface area contributed by atoms with E-state index in [9.17, 15) is 4.79 Å². The number of aromatic amines is 1. The van der Waals surface area contributed by atoms with Gasteiger partial charge in [0.15, 0.2) is 0 Å². The van der Waals surface area contributed by atoms with Crippen LogP contribution in [-0.2, 0) is 11.2 Å². The highest BCUT2D eigenvalue weighted by molar-refractivity contribution is 5.59. The maximum absolute atomic E-state index is 12.3. The average Bonchev–Trinajstić information content (AvgIpc) is 2.92. The molecule has 6 rings (SSSR count). The monoisotopic (exact) mass is 495 g/mol. The number of pyridine rings is 1. The minimum atomic E-state index is -0.192. The topological polar surface area (TPSA) is 92.4 Å². The second-order valence-electron chi connectivity index (χ2n) is 9.58. The number of rotatable bonds is 5. The standard InChI is InChI=1S/C29H29N5O3/c1-18-13-24(32-17-31-18)19(2)33-22-8-9-26-21(15-22)14-20-5-3-6-23(28(20)37-26)27-16-34(11-12-36-27)25-7-4-10-30-29(25)35/h3-10,13,15,17,19,27,33H,11-12,14,16H2,1-2H3,(H,30,35). The molecule has 2 aliphatic rings. The number of hydrogen-bond donors (Lipinski definition) is 2. The summed E-state index contributed by atoms with van der Waals surface area (Å²) in [6.07, 6.45) is 3.83. The zero-order valence-corrected chi connectivity index (χ0v) is 20.9. The second-order valence-corrected chi connectivity index (χ2v) is 9.58. The molecule has 37 heavy (non-hydrogen) atoms. The molecule has 2 atom stereocenters. The van der Waals surface area contributed by atoms with Crippen molar-refractivity contribution in [2.75, 3.05) is 29.9 Å². The summed E-state index contributed by atoms with van der Waals surface area (Å²) in [6.45, 7) is 5.86. The fraction of sp³-hybridized carbons (Fsp3) is 0.276. The molecule has 0 aliphatic carbocycles. The summed E-state index contributed by atoms with van der Waals surface area (Å²) in [5, 5.41) is 3.55. The number of nitrogens with zero attached hydrogens (tertiary/aromatic N) is 3. The van der Waals surface area contributed by atoms with Crippen LogP contribution in [0, 0.1) is 6.92 Å². The van der Waals surface area contributed by atoms with Crippen LogP contribution in [0.5, 0.6) is 11.5 Å². The molecule has 0 amide bonds. The van der Waals surface area contributed by atoms with E-state index in [0.717, 1.165) is 51.7 Å². The number of H-pyrrole nitrogens is 1. The molecule has 2 aromatic heterocycles. The Kier molecular flexibility index (Phi) is 6.10. The minimum Gasteiger partial charge on any atom is -0.456 e. The first kappa shape index (κ1) is 23.2. The summed E-state index contributed by atoms with van der Waals surface area (Å²) in [5.74, 6) is 1.71. The number of fused-ring (bicyclic) bond motifs is 2. The second kappa shape index (κ2) is 9.71. The van der Waals surface area contributed by atoms with Gasteiger partial charge in [-0.25, -0.2) is 9.97 Å². The zero-order chi connectivity index (χ0) is 25.4. The highest BCUT2D eigenvalue weighted by Gasteiger charge is 2.29. The van der Waals surface area contributed by atoms with Crippen LogP contribution < -0.4 is 20.5 Å². The number of morpholine rings is 1. The highest BCUT2D eigenvalue weighted by atomic mass is 16.5. The van der Waals surface area contributed by atoms with E-state index in [1.165, 1.54) is 0 Å². The maximum Gasteiger partial charge on any atom is 0.271 e. The van der Waals surface area contributed by atoms with Gasteiger partial charge < -0.3 is 24.7 Å². The van der Waals surface area contributed by atoms with E-state index in [1.54, 1.807) is 12.5 Å². The van der Waals surface area contributed by atoms with Gasteiger partial charge in [0.25, 0.3) is 5.56 Å². The molecule has 0 bridgehead atoms. The zero-order valence-electron chi connectivity index (χ0n) is 20.9. The van der Waals surface area contributed by atoms with Crippen molar-refractivity contribution >= 4 is 11.4 Å². The third kappa shape index (κ3) is 4.68. The lowest BCUT2D eigenvalue weighted by Crippen LogP contribution is -2.41. The summed E-state index contributed by atoms with van der Waals surface area (Å²) in [4.78, 5) is 25.8. The third-order valence-electron chi connectivity index (χ3n) is 6.98. The van der Waals surface area contributed by atoms with E-state index in [4.69, 9.17) is 9.47 Å². The molecule has 1 fully saturated rings. The van der Waals surface area contributed by atoms with Gasteiger partial charge in [-0.2, -0.15) is 0 Å². The molecule has 8 heteroatoms. The van der Waals surface area contributed by atoms with Gasteiger partial charge in [0.05, 0.1) is 18.3 Å². The SMILES string of the molecule is Cc1cc(C(C)Nc2ccc3c(c2)Cc2cccc(C4CN(c5ccc[nH]c5=O)CCO4)c2O3)ncn1. The van der Waals surface area contributed by atoms with Gasteiger partial charge in [-0.3, -0.25) is 4.79 Å². The highest BCUT2D eigenvalue weighted by Crippen LogP contribution is 2.43. The quantitative estimate of drug-likeness (QED) is 0.358. The van der Waals surface area contributed by atoms with Crippen LogP contribution in [-0.4, -0.2) is 34.6 Å². The lowest BCUT2D eigenvalue weighted by atomic mass is 9.95. The van der Waals surface area contributed by atoms with Crippen LogP contribution in [0.3, 0.4) is 0 Å². The van der Waals surface area contributed by atoms with Crippen molar-refractivity contribution in [2.45, 2.75) is 32.4 Å². The number of anilines is 2. The van der Waals surface area contributed by atoms with Crippen LogP contribution in [0.25, 0.3) is 0 Å². The summed E-state index contributed by atoms with van der Waals surface area (Å²) in [6, 6.07) is 18.2. The molecule has 2 aliphatic heterocycles. The molecule has 1 saturated heterocycles. The number of hydrogen-bond acceptors (Lipinski definition) is 7. The predicted molar refractivity (Wildman–Crippen MR) is 143 cm³/mol. The molecular weight excluding hydrogens is 466 g/mol. The molecule has 0 saturated carbocycles. The van der Waals surface area contributed by atoms with Gasteiger partial charge in [0.2, 0.25) is 0 Å². The largest absolute Gasteiger partial charge is 0.456 e. The van der Waals surface area contributed by atoms with Gasteiger partial charge in [-0.15, -0.1) is 0 Å². The summed E-state index contributed by atoms with van der Waals surface area (Å²) >= 11 is 0. The Morgan fingerprint density at radius 3 is 2.89 bits per heavy atom. The predicted octanol–water partition coefficient (Wildman–Crippen LogP) is 4.92. The van der Waals surface area contributed by atoms with Crippen LogP contribution in [0.4, 0.5) is 11.4 Å². The normalized spacial score (nSPS) is 17.4. The van der Waals surface area contributed by atoms with Crippen molar-refractivity contribution in [2.24, 2.45) is 0 Å². The van der Waals surface area contributed by atoms with E-state index in [0.29, 0.717) is 25.4 Å². The van der Waals surface area contributed by atoms with Crippen LogP contribution in [0.2, 0.25) is 0 Å². The first-order chi connectivity index (χ1) is 18.0.